The Hall–Kier alpha value is -3.79. The van der Waals surface area contributed by atoms with Crippen molar-refractivity contribution in [3.8, 4) is 34.1 Å². The van der Waals surface area contributed by atoms with E-state index < -0.39 is 16.0 Å². The number of fused-ring (bicyclic) bond motifs is 1. The molecule has 0 amide bonds. The molecule has 4 aromatic rings. The lowest BCUT2D eigenvalue weighted by molar-refractivity contribution is 0.0886. The zero-order chi connectivity index (χ0) is 31.1. The van der Waals surface area contributed by atoms with Gasteiger partial charge < -0.3 is 18.9 Å². The number of carbonyl (C=O) groups is 1. The second-order valence-corrected chi connectivity index (χ2v) is 13.5. The van der Waals surface area contributed by atoms with Crippen molar-refractivity contribution < 1.29 is 32.2 Å². The Bertz CT molecular complexity index is 1680. The van der Waals surface area contributed by atoms with Gasteiger partial charge >= 0.3 is 6.16 Å². The number of nitrogens with zero attached hydrogens (tertiary/aromatic N) is 1. The number of halogens is 1. The number of piperidine rings is 1. The third-order valence-electron chi connectivity index (χ3n) is 7.44. The summed E-state index contributed by atoms with van der Waals surface area (Å²) in [6.07, 6.45) is 4.25. The van der Waals surface area contributed by atoms with Crippen LogP contribution in [0.2, 0.25) is 0 Å². The highest BCUT2D eigenvalue weighted by Crippen LogP contribution is 2.41. The maximum absolute atomic E-state index is 12.1. The second kappa shape index (κ2) is 15.5. The molecule has 0 radical (unpaired) electrons. The number of rotatable bonds is 11. The molecule has 1 saturated heterocycles. The summed E-state index contributed by atoms with van der Waals surface area (Å²) in [4.78, 5) is 14.8. The van der Waals surface area contributed by atoms with Gasteiger partial charge in [-0.25, -0.2) is 13.2 Å². The molecule has 0 unspecified atom stereocenters. The van der Waals surface area contributed by atoms with E-state index in [4.69, 9.17) is 18.9 Å². The largest absolute Gasteiger partial charge is 0.513 e. The molecule has 4 aromatic carbocycles. The third kappa shape index (κ3) is 9.36. The number of carbonyl (C=O) groups excluding carboxylic acids is 1. The Morgan fingerprint density at radius 1 is 0.844 bits per heavy atom. The van der Waals surface area contributed by atoms with Crippen molar-refractivity contribution in [1.82, 2.24) is 4.90 Å². The van der Waals surface area contributed by atoms with Crippen LogP contribution in [0, 0.1) is 5.92 Å². The first-order valence-electron chi connectivity index (χ1n) is 15.0. The molecular formula is C35H40ClNO7S. The molecule has 0 aromatic heterocycles. The molecule has 1 fully saturated rings. The minimum absolute atomic E-state index is 0. The lowest BCUT2D eigenvalue weighted by atomic mass is 9.99. The van der Waals surface area contributed by atoms with Crippen LogP contribution in [0.3, 0.4) is 0 Å². The summed E-state index contributed by atoms with van der Waals surface area (Å²) in [7, 11) is -3.33. The highest BCUT2D eigenvalue weighted by molar-refractivity contribution is 7.90. The number of hydrogen-bond acceptors (Lipinski definition) is 8. The van der Waals surface area contributed by atoms with Crippen molar-refractivity contribution in [3.63, 3.8) is 0 Å². The summed E-state index contributed by atoms with van der Waals surface area (Å²) in [6, 6.07) is 23.4. The highest BCUT2D eigenvalue weighted by atomic mass is 35.5. The van der Waals surface area contributed by atoms with Gasteiger partial charge in [0.05, 0.1) is 11.5 Å². The van der Waals surface area contributed by atoms with Crippen LogP contribution >= 0.6 is 12.4 Å². The molecule has 45 heavy (non-hydrogen) atoms. The molecule has 240 valence electrons. The summed E-state index contributed by atoms with van der Waals surface area (Å²) >= 11 is 0. The first kappa shape index (κ1) is 34.1. The Labute approximate surface area is 271 Å². The van der Waals surface area contributed by atoms with Gasteiger partial charge in [0, 0.05) is 23.8 Å². The van der Waals surface area contributed by atoms with E-state index in [0.717, 1.165) is 47.3 Å². The number of sulfone groups is 1. The molecule has 10 heteroatoms. The van der Waals surface area contributed by atoms with E-state index in [-0.39, 0.29) is 29.8 Å². The molecule has 0 bridgehead atoms. The standard InChI is InChI=1S/C35H39NO7S.ClH/c1-25(2)24-41-35(37)43-30-14-18-33-27(23-30)9-17-32(26-7-15-31(16-8-26)44(3,38)39)34(33)42-29-12-10-28(11-13-29)40-22-21-36-19-5-4-6-20-36;/h7-18,23,25H,4-6,19-22,24H2,1-3H3;1H. The molecule has 1 aliphatic heterocycles. The number of ether oxygens (including phenoxy) is 4. The fraction of sp³-hybridized carbons (Fsp3) is 0.343. The molecule has 0 saturated carbocycles. The summed E-state index contributed by atoms with van der Waals surface area (Å²) in [6.45, 7) is 7.99. The van der Waals surface area contributed by atoms with Gasteiger partial charge in [0.25, 0.3) is 0 Å². The van der Waals surface area contributed by atoms with E-state index >= 15 is 0 Å². The average molecular weight is 654 g/mol. The monoisotopic (exact) mass is 653 g/mol. The van der Waals surface area contributed by atoms with Crippen LogP contribution in [0.15, 0.2) is 83.8 Å². The first-order chi connectivity index (χ1) is 21.2. The van der Waals surface area contributed by atoms with Crippen molar-refractivity contribution in [2.45, 2.75) is 38.0 Å². The predicted octanol–water partition coefficient (Wildman–Crippen LogP) is 8.16. The van der Waals surface area contributed by atoms with Crippen LogP contribution in [-0.2, 0) is 14.6 Å². The minimum Gasteiger partial charge on any atom is -0.492 e. The van der Waals surface area contributed by atoms with Crippen LogP contribution < -0.4 is 14.2 Å². The van der Waals surface area contributed by atoms with Gasteiger partial charge in [0.15, 0.2) is 9.84 Å². The summed E-state index contributed by atoms with van der Waals surface area (Å²) in [5, 5.41) is 1.59. The molecule has 5 rings (SSSR count). The first-order valence-corrected chi connectivity index (χ1v) is 16.9. The van der Waals surface area contributed by atoms with Crippen molar-refractivity contribution in [3.05, 3.63) is 78.9 Å². The highest BCUT2D eigenvalue weighted by Gasteiger charge is 2.16. The predicted molar refractivity (Wildman–Crippen MR) is 179 cm³/mol. The van der Waals surface area contributed by atoms with Crippen molar-refractivity contribution in [2.75, 3.05) is 39.1 Å². The molecule has 1 heterocycles. The summed E-state index contributed by atoms with van der Waals surface area (Å²) < 4.78 is 47.1. The van der Waals surface area contributed by atoms with Gasteiger partial charge in [-0.2, -0.15) is 0 Å². The molecule has 0 N–H and O–H groups in total. The van der Waals surface area contributed by atoms with Gasteiger partial charge in [0.1, 0.15) is 29.6 Å². The normalized spacial score (nSPS) is 13.7. The number of benzene rings is 4. The molecule has 0 spiro atoms. The SMILES string of the molecule is CC(C)COC(=O)Oc1ccc2c(Oc3ccc(OCCN4CCCCC4)cc3)c(-c3ccc(S(C)(=O)=O)cc3)ccc2c1.Cl. The lowest BCUT2D eigenvalue weighted by Gasteiger charge is -2.26. The smallest absolute Gasteiger partial charge is 0.492 e. The van der Waals surface area contributed by atoms with E-state index in [2.05, 4.69) is 4.90 Å². The van der Waals surface area contributed by atoms with Gasteiger partial charge in [-0.3, -0.25) is 4.90 Å². The van der Waals surface area contributed by atoms with Crippen LogP contribution in [0.4, 0.5) is 4.79 Å². The molecule has 1 aliphatic rings. The third-order valence-corrected chi connectivity index (χ3v) is 8.57. The molecule has 0 atom stereocenters. The molecule has 8 nitrogen and oxygen atoms in total. The van der Waals surface area contributed by atoms with E-state index in [0.29, 0.717) is 23.9 Å². The summed E-state index contributed by atoms with van der Waals surface area (Å²) in [5.41, 5.74) is 1.58. The second-order valence-electron chi connectivity index (χ2n) is 11.5. The maximum Gasteiger partial charge on any atom is 0.513 e. The maximum atomic E-state index is 12.1. The molecule has 0 aliphatic carbocycles. The van der Waals surface area contributed by atoms with E-state index in [1.54, 1.807) is 36.4 Å². The van der Waals surface area contributed by atoms with Gasteiger partial charge in [-0.05, 0) is 103 Å². The topological polar surface area (TPSA) is 91.4 Å². The fourth-order valence-corrected chi connectivity index (χ4v) is 5.75. The fourth-order valence-electron chi connectivity index (χ4n) is 5.12. The van der Waals surface area contributed by atoms with Crippen molar-refractivity contribution >= 4 is 39.2 Å². The summed E-state index contributed by atoms with van der Waals surface area (Å²) in [5.74, 6) is 2.53. The zero-order valence-corrected chi connectivity index (χ0v) is 27.5. The lowest BCUT2D eigenvalue weighted by Crippen LogP contribution is -2.33. The van der Waals surface area contributed by atoms with Crippen molar-refractivity contribution in [2.24, 2.45) is 5.92 Å². The Morgan fingerprint density at radius 2 is 1.51 bits per heavy atom. The average Bonchev–Trinajstić information content (AvgIpc) is 3.01. The molecular weight excluding hydrogens is 614 g/mol. The van der Waals surface area contributed by atoms with Gasteiger partial charge in [-0.1, -0.05) is 38.5 Å². The van der Waals surface area contributed by atoms with Gasteiger partial charge in [-0.15, -0.1) is 12.4 Å². The van der Waals surface area contributed by atoms with Crippen LogP contribution in [0.25, 0.3) is 21.9 Å². The van der Waals surface area contributed by atoms with Crippen LogP contribution in [0.5, 0.6) is 23.0 Å². The Balaban J connectivity index is 0.00000461. The Morgan fingerprint density at radius 3 is 2.18 bits per heavy atom. The number of hydrogen-bond donors (Lipinski definition) is 0. The van der Waals surface area contributed by atoms with Gasteiger partial charge in [0.2, 0.25) is 0 Å². The van der Waals surface area contributed by atoms with Crippen molar-refractivity contribution in [1.29, 1.82) is 0 Å². The van der Waals surface area contributed by atoms with E-state index in [9.17, 15) is 13.2 Å². The van der Waals surface area contributed by atoms with Crippen LogP contribution in [0.1, 0.15) is 33.1 Å². The van der Waals surface area contributed by atoms with E-state index in [1.165, 1.54) is 25.5 Å². The van der Waals surface area contributed by atoms with Crippen LogP contribution in [-0.4, -0.2) is 58.6 Å². The minimum atomic E-state index is -3.33. The van der Waals surface area contributed by atoms with E-state index in [1.807, 2.05) is 56.3 Å². The zero-order valence-electron chi connectivity index (χ0n) is 25.9. The quantitative estimate of drug-likeness (QED) is 0.118. The Kier molecular flexibility index (Phi) is 11.7. The number of likely N-dealkylation sites (tertiary alicyclic amines) is 1.